The van der Waals surface area contributed by atoms with Crippen LogP contribution in [0.2, 0.25) is 0 Å². The standard InChI is InChI=1S/C18H19BrN2O2/c1-12(2)10-18(22)21-16(13-5-7-14(19)8-6-13)11-15(20-21)17-4-3-9-23-17/h3-9,12,16H,10-11H2,1-2H3. The van der Waals surface area contributed by atoms with Gasteiger partial charge in [-0.1, -0.05) is 41.9 Å². The number of amides is 1. The van der Waals surface area contributed by atoms with Crippen LogP contribution in [0.15, 0.2) is 56.7 Å². The molecule has 1 aliphatic heterocycles. The average Bonchev–Trinajstić information content (AvgIpc) is 3.16. The molecule has 0 bridgehead atoms. The lowest BCUT2D eigenvalue weighted by molar-refractivity contribution is -0.133. The minimum absolute atomic E-state index is 0.0504. The SMILES string of the molecule is CC(C)CC(=O)N1N=C(c2ccco2)CC1c1ccc(Br)cc1. The zero-order valence-electron chi connectivity index (χ0n) is 13.2. The molecule has 1 atom stereocenters. The van der Waals surface area contributed by atoms with Crippen LogP contribution >= 0.6 is 15.9 Å². The number of benzene rings is 1. The van der Waals surface area contributed by atoms with Crippen LogP contribution in [-0.2, 0) is 4.79 Å². The van der Waals surface area contributed by atoms with E-state index >= 15 is 0 Å². The molecule has 5 heteroatoms. The van der Waals surface area contributed by atoms with Gasteiger partial charge in [-0.2, -0.15) is 5.10 Å². The molecule has 2 heterocycles. The molecule has 0 aliphatic carbocycles. The first-order valence-corrected chi connectivity index (χ1v) is 8.53. The predicted octanol–water partition coefficient (Wildman–Crippen LogP) is 4.77. The zero-order chi connectivity index (χ0) is 16.4. The Balaban J connectivity index is 1.91. The average molecular weight is 375 g/mol. The third-order valence-corrected chi connectivity index (χ3v) is 4.34. The highest BCUT2D eigenvalue weighted by atomic mass is 79.9. The number of hydrogen-bond acceptors (Lipinski definition) is 3. The molecule has 0 saturated carbocycles. The Kier molecular flexibility index (Phi) is 4.66. The highest BCUT2D eigenvalue weighted by Crippen LogP contribution is 2.34. The van der Waals surface area contributed by atoms with Crippen molar-refractivity contribution in [3.63, 3.8) is 0 Å². The maximum atomic E-state index is 12.6. The van der Waals surface area contributed by atoms with Crippen molar-refractivity contribution in [1.82, 2.24) is 5.01 Å². The smallest absolute Gasteiger partial charge is 0.243 e. The summed E-state index contributed by atoms with van der Waals surface area (Å²) in [6.45, 7) is 4.08. The van der Waals surface area contributed by atoms with Crippen LogP contribution in [0.5, 0.6) is 0 Å². The van der Waals surface area contributed by atoms with Gasteiger partial charge >= 0.3 is 0 Å². The molecular formula is C18H19BrN2O2. The number of rotatable bonds is 4. The highest BCUT2D eigenvalue weighted by molar-refractivity contribution is 9.10. The Bertz CT molecular complexity index is 705. The van der Waals surface area contributed by atoms with Gasteiger partial charge in [-0.3, -0.25) is 4.79 Å². The fraction of sp³-hybridized carbons (Fsp3) is 0.333. The summed E-state index contributed by atoms with van der Waals surface area (Å²) in [6.07, 6.45) is 2.78. The second-order valence-corrected chi connectivity index (χ2v) is 7.05. The quantitative estimate of drug-likeness (QED) is 0.773. The second kappa shape index (κ2) is 6.71. The molecule has 1 aromatic heterocycles. The molecule has 0 radical (unpaired) electrons. The second-order valence-electron chi connectivity index (χ2n) is 6.13. The van der Waals surface area contributed by atoms with Gasteiger partial charge in [0.15, 0.2) is 0 Å². The lowest BCUT2D eigenvalue weighted by atomic mass is 10.0. The Morgan fingerprint density at radius 2 is 2.09 bits per heavy atom. The number of furan rings is 1. The van der Waals surface area contributed by atoms with Crippen LogP contribution < -0.4 is 0 Å². The summed E-state index contributed by atoms with van der Waals surface area (Å²) in [4.78, 5) is 12.6. The van der Waals surface area contributed by atoms with Crippen LogP contribution in [0.25, 0.3) is 0 Å². The van der Waals surface area contributed by atoms with Gasteiger partial charge in [-0.15, -0.1) is 0 Å². The van der Waals surface area contributed by atoms with Gasteiger partial charge in [0.25, 0.3) is 0 Å². The minimum atomic E-state index is -0.0746. The maximum Gasteiger partial charge on any atom is 0.243 e. The van der Waals surface area contributed by atoms with E-state index in [4.69, 9.17) is 4.42 Å². The van der Waals surface area contributed by atoms with Crippen LogP contribution in [0, 0.1) is 5.92 Å². The van der Waals surface area contributed by atoms with Crippen molar-refractivity contribution in [2.24, 2.45) is 11.0 Å². The summed E-state index contributed by atoms with van der Waals surface area (Å²) in [7, 11) is 0. The normalized spacial score (nSPS) is 17.7. The van der Waals surface area contributed by atoms with Crippen molar-refractivity contribution < 1.29 is 9.21 Å². The Hall–Kier alpha value is -1.88. The molecule has 0 N–H and O–H groups in total. The van der Waals surface area contributed by atoms with Gasteiger partial charge < -0.3 is 4.42 Å². The first kappa shape index (κ1) is 16.0. The van der Waals surface area contributed by atoms with E-state index < -0.39 is 0 Å². The third kappa shape index (κ3) is 3.55. The number of hydrazone groups is 1. The van der Waals surface area contributed by atoms with Crippen molar-refractivity contribution >= 4 is 27.5 Å². The van der Waals surface area contributed by atoms with Gasteiger partial charge in [0.2, 0.25) is 5.91 Å². The van der Waals surface area contributed by atoms with Gasteiger partial charge in [-0.25, -0.2) is 5.01 Å². The summed E-state index contributed by atoms with van der Waals surface area (Å²) in [5, 5.41) is 6.18. The van der Waals surface area contributed by atoms with E-state index in [2.05, 4.69) is 21.0 Å². The summed E-state index contributed by atoms with van der Waals surface area (Å²) in [5.41, 5.74) is 1.90. The van der Waals surface area contributed by atoms with E-state index in [0.29, 0.717) is 18.8 Å². The van der Waals surface area contributed by atoms with Crippen molar-refractivity contribution in [1.29, 1.82) is 0 Å². The molecule has 1 amide bonds. The molecule has 0 spiro atoms. The predicted molar refractivity (Wildman–Crippen MR) is 93.0 cm³/mol. The molecule has 1 unspecified atom stereocenters. The van der Waals surface area contributed by atoms with E-state index in [1.165, 1.54) is 0 Å². The Labute approximate surface area is 144 Å². The third-order valence-electron chi connectivity index (χ3n) is 3.81. The molecule has 3 rings (SSSR count). The summed E-state index contributed by atoms with van der Waals surface area (Å²) in [5.74, 6) is 1.08. The molecule has 0 saturated heterocycles. The van der Waals surface area contributed by atoms with Crippen LogP contribution in [0.4, 0.5) is 0 Å². The van der Waals surface area contributed by atoms with Crippen molar-refractivity contribution in [2.45, 2.75) is 32.7 Å². The fourth-order valence-corrected chi connectivity index (χ4v) is 2.98. The monoisotopic (exact) mass is 374 g/mol. The lowest BCUT2D eigenvalue weighted by Crippen LogP contribution is -2.27. The molecule has 1 aromatic carbocycles. The number of hydrogen-bond donors (Lipinski definition) is 0. The summed E-state index contributed by atoms with van der Waals surface area (Å²) < 4.78 is 6.47. The molecular weight excluding hydrogens is 356 g/mol. The Morgan fingerprint density at radius 1 is 1.35 bits per heavy atom. The van der Waals surface area contributed by atoms with Gasteiger partial charge in [0.05, 0.1) is 12.3 Å². The van der Waals surface area contributed by atoms with Gasteiger partial charge in [0.1, 0.15) is 11.5 Å². The molecule has 2 aromatic rings. The van der Waals surface area contributed by atoms with E-state index in [9.17, 15) is 4.79 Å². The first-order valence-electron chi connectivity index (χ1n) is 7.73. The minimum Gasteiger partial charge on any atom is -0.463 e. The van der Waals surface area contributed by atoms with E-state index in [0.717, 1.165) is 21.5 Å². The van der Waals surface area contributed by atoms with Crippen molar-refractivity contribution in [2.75, 3.05) is 0 Å². The fourth-order valence-electron chi connectivity index (χ4n) is 2.72. The lowest BCUT2D eigenvalue weighted by Gasteiger charge is -2.22. The number of halogens is 1. The van der Waals surface area contributed by atoms with E-state index in [1.807, 2.05) is 50.2 Å². The maximum absolute atomic E-state index is 12.6. The molecule has 1 aliphatic rings. The van der Waals surface area contributed by atoms with E-state index in [-0.39, 0.29) is 11.9 Å². The number of carbonyl (C=O) groups excluding carboxylic acids is 1. The van der Waals surface area contributed by atoms with Gasteiger partial charge in [0, 0.05) is 17.3 Å². The summed E-state index contributed by atoms with van der Waals surface area (Å²) >= 11 is 3.45. The molecule has 23 heavy (non-hydrogen) atoms. The largest absolute Gasteiger partial charge is 0.463 e. The van der Waals surface area contributed by atoms with Crippen LogP contribution in [0.3, 0.4) is 0 Å². The Morgan fingerprint density at radius 3 is 2.70 bits per heavy atom. The summed E-state index contributed by atoms with van der Waals surface area (Å²) in [6, 6.07) is 11.7. The zero-order valence-corrected chi connectivity index (χ0v) is 14.8. The number of nitrogens with zero attached hydrogens (tertiary/aromatic N) is 2. The van der Waals surface area contributed by atoms with Crippen molar-refractivity contribution in [3.05, 3.63) is 58.5 Å². The van der Waals surface area contributed by atoms with Crippen LogP contribution in [-0.4, -0.2) is 16.6 Å². The molecule has 0 fully saturated rings. The molecule has 120 valence electrons. The van der Waals surface area contributed by atoms with Gasteiger partial charge in [-0.05, 0) is 35.7 Å². The van der Waals surface area contributed by atoms with Crippen molar-refractivity contribution in [3.8, 4) is 0 Å². The number of carbonyl (C=O) groups is 1. The van der Waals surface area contributed by atoms with E-state index in [1.54, 1.807) is 11.3 Å². The topological polar surface area (TPSA) is 45.8 Å². The molecule has 4 nitrogen and oxygen atoms in total. The highest BCUT2D eigenvalue weighted by Gasteiger charge is 2.33. The first-order chi connectivity index (χ1) is 11.0. The van der Waals surface area contributed by atoms with Crippen LogP contribution in [0.1, 0.15) is 44.1 Å².